The van der Waals surface area contributed by atoms with Crippen LogP contribution in [-0.2, 0) is 6.42 Å². The number of hydrogen-bond acceptors (Lipinski definition) is 4. The molecule has 6 nitrogen and oxygen atoms in total. The van der Waals surface area contributed by atoms with Crippen molar-refractivity contribution in [3.63, 3.8) is 0 Å². The van der Waals surface area contributed by atoms with Crippen LogP contribution >= 0.6 is 0 Å². The average Bonchev–Trinajstić information content (AvgIpc) is 2.54. The highest BCUT2D eigenvalue weighted by Crippen LogP contribution is 2.23. The molecular formula is C17H18N2O4. The van der Waals surface area contributed by atoms with Crippen LogP contribution in [0.15, 0.2) is 48.5 Å². The molecular weight excluding hydrogens is 296 g/mol. The molecule has 0 amide bonds. The van der Waals surface area contributed by atoms with Gasteiger partial charge in [-0.25, -0.2) is 4.79 Å². The molecule has 0 fully saturated rings. The molecule has 0 aromatic heterocycles. The third-order valence-corrected chi connectivity index (χ3v) is 3.56. The second-order valence-corrected chi connectivity index (χ2v) is 5.36. The first-order valence-corrected chi connectivity index (χ1v) is 7.29. The topological polar surface area (TPSA) is 92.5 Å². The van der Waals surface area contributed by atoms with Gasteiger partial charge < -0.3 is 10.4 Å². The van der Waals surface area contributed by atoms with Gasteiger partial charge in [0.1, 0.15) is 0 Å². The summed E-state index contributed by atoms with van der Waals surface area (Å²) < 4.78 is 0. The molecule has 0 saturated carbocycles. The predicted octanol–water partition coefficient (Wildman–Crippen LogP) is 3.73. The van der Waals surface area contributed by atoms with Crippen molar-refractivity contribution in [3.8, 4) is 0 Å². The van der Waals surface area contributed by atoms with Gasteiger partial charge in [0.2, 0.25) is 0 Å². The number of nitro benzene ring substituents is 1. The summed E-state index contributed by atoms with van der Waals surface area (Å²) in [4.78, 5) is 21.5. The molecule has 120 valence electrons. The van der Waals surface area contributed by atoms with Crippen LogP contribution in [0, 0.1) is 10.1 Å². The number of aromatic carboxylic acids is 1. The van der Waals surface area contributed by atoms with Gasteiger partial charge in [-0.1, -0.05) is 30.3 Å². The van der Waals surface area contributed by atoms with Crippen LogP contribution in [0.25, 0.3) is 0 Å². The van der Waals surface area contributed by atoms with E-state index in [2.05, 4.69) is 5.32 Å². The summed E-state index contributed by atoms with van der Waals surface area (Å²) >= 11 is 0. The minimum atomic E-state index is -1.19. The molecule has 2 aromatic rings. The maximum atomic E-state index is 11.3. The highest BCUT2D eigenvalue weighted by Gasteiger charge is 2.17. The van der Waals surface area contributed by atoms with E-state index in [0.717, 1.165) is 18.9 Å². The van der Waals surface area contributed by atoms with E-state index < -0.39 is 10.9 Å². The van der Waals surface area contributed by atoms with Crippen LogP contribution in [0.3, 0.4) is 0 Å². The molecule has 6 heteroatoms. The van der Waals surface area contributed by atoms with Crippen molar-refractivity contribution < 1.29 is 14.8 Å². The average molecular weight is 314 g/mol. The number of aryl methyl sites for hydroxylation is 1. The molecule has 2 rings (SSSR count). The Morgan fingerprint density at radius 1 is 1.26 bits per heavy atom. The Morgan fingerprint density at radius 3 is 2.57 bits per heavy atom. The molecule has 0 aliphatic carbocycles. The lowest BCUT2D eigenvalue weighted by molar-refractivity contribution is -0.384. The van der Waals surface area contributed by atoms with Crippen LogP contribution in [0.2, 0.25) is 0 Å². The molecule has 0 aliphatic heterocycles. The first-order valence-electron chi connectivity index (χ1n) is 7.29. The van der Waals surface area contributed by atoms with E-state index in [9.17, 15) is 20.0 Å². The minimum Gasteiger partial charge on any atom is -0.478 e. The molecule has 0 radical (unpaired) electrons. The number of hydrogen-bond donors (Lipinski definition) is 2. The lowest BCUT2D eigenvalue weighted by atomic mass is 10.1. The number of carboxylic acids is 1. The van der Waals surface area contributed by atoms with Crippen molar-refractivity contribution >= 4 is 17.3 Å². The molecule has 0 saturated heterocycles. The van der Waals surface area contributed by atoms with E-state index >= 15 is 0 Å². The minimum absolute atomic E-state index is 0.0368. The van der Waals surface area contributed by atoms with Crippen molar-refractivity contribution in [2.24, 2.45) is 0 Å². The van der Waals surface area contributed by atoms with Gasteiger partial charge >= 0.3 is 5.97 Å². The first kappa shape index (κ1) is 16.5. The molecule has 23 heavy (non-hydrogen) atoms. The van der Waals surface area contributed by atoms with Crippen molar-refractivity contribution in [2.45, 2.75) is 25.8 Å². The number of nitrogens with one attached hydrogen (secondary N) is 1. The molecule has 1 atom stereocenters. The monoisotopic (exact) mass is 314 g/mol. The number of non-ortho nitro benzene ring substituents is 1. The Bertz CT molecular complexity index is 701. The number of benzene rings is 2. The van der Waals surface area contributed by atoms with E-state index in [1.54, 1.807) is 0 Å². The molecule has 0 spiro atoms. The molecule has 2 N–H and O–H groups in total. The SMILES string of the molecule is CC(CCc1ccccc1)Nc1ccc([N+](=O)[O-])cc1C(=O)O. The van der Waals surface area contributed by atoms with Gasteiger partial charge in [0.25, 0.3) is 5.69 Å². The summed E-state index contributed by atoms with van der Waals surface area (Å²) in [5.41, 5.74) is 1.28. The standard InChI is InChI=1S/C17H18N2O4/c1-12(7-8-13-5-3-2-4-6-13)18-16-10-9-14(19(22)23)11-15(16)17(20)21/h2-6,9-12,18H,7-8H2,1H3,(H,20,21). The zero-order chi connectivity index (χ0) is 16.8. The molecule has 0 aliphatic rings. The number of nitro groups is 1. The van der Waals surface area contributed by atoms with E-state index in [4.69, 9.17) is 0 Å². The van der Waals surface area contributed by atoms with Crippen LogP contribution in [0.1, 0.15) is 29.3 Å². The van der Waals surface area contributed by atoms with Gasteiger partial charge in [0, 0.05) is 23.9 Å². The predicted molar refractivity (Wildman–Crippen MR) is 87.9 cm³/mol. The number of anilines is 1. The number of carbonyl (C=O) groups is 1. The van der Waals surface area contributed by atoms with Crippen molar-refractivity contribution in [2.75, 3.05) is 5.32 Å². The summed E-state index contributed by atoms with van der Waals surface area (Å²) in [6.45, 7) is 1.95. The molecule has 0 heterocycles. The number of nitrogens with zero attached hydrogens (tertiary/aromatic N) is 1. The van der Waals surface area contributed by atoms with Crippen LogP contribution in [0.4, 0.5) is 11.4 Å². The first-order chi connectivity index (χ1) is 11.0. The normalized spacial score (nSPS) is 11.7. The number of carboxylic acid groups (broad SMARTS) is 1. The van der Waals surface area contributed by atoms with Gasteiger partial charge in [-0.15, -0.1) is 0 Å². The Labute approximate surface area is 133 Å². The van der Waals surface area contributed by atoms with Crippen LogP contribution in [0.5, 0.6) is 0 Å². The zero-order valence-electron chi connectivity index (χ0n) is 12.7. The quantitative estimate of drug-likeness (QED) is 0.600. The maximum absolute atomic E-state index is 11.3. The van der Waals surface area contributed by atoms with E-state index in [0.29, 0.717) is 5.69 Å². The largest absolute Gasteiger partial charge is 0.478 e. The van der Waals surface area contributed by atoms with Crippen molar-refractivity contribution in [3.05, 3.63) is 69.8 Å². The van der Waals surface area contributed by atoms with Crippen LogP contribution in [-0.4, -0.2) is 22.0 Å². The maximum Gasteiger partial charge on any atom is 0.338 e. The van der Waals surface area contributed by atoms with Gasteiger partial charge in [0.05, 0.1) is 10.5 Å². The molecule has 1 unspecified atom stereocenters. The lowest BCUT2D eigenvalue weighted by Crippen LogP contribution is -2.18. The zero-order valence-corrected chi connectivity index (χ0v) is 12.7. The Morgan fingerprint density at radius 2 is 1.96 bits per heavy atom. The van der Waals surface area contributed by atoms with Crippen molar-refractivity contribution in [1.82, 2.24) is 0 Å². The Kier molecular flexibility index (Phi) is 5.30. The fourth-order valence-electron chi connectivity index (χ4n) is 2.31. The highest BCUT2D eigenvalue weighted by atomic mass is 16.6. The van der Waals surface area contributed by atoms with Gasteiger partial charge in [-0.2, -0.15) is 0 Å². The molecule has 2 aromatic carbocycles. The second-order valence-electron chi connectivity index (χ2n) is 5.36. The van der Waals surface area contributed by atoms with Gasteiger partial charge in [-0.05, 0) is 31.4 Å². The van der Waals surface area contributed by atoms with Gasteiger partial charge in [0.15, 0.2) is 0 Å². The number of rotatable bonds is 7. The third-order valence-electron chi connectivity index (χ3n) is 3.56. The second kappa shape index (κ2) is 7.40. The smallest absolute Gasteiger partial charge is 0.338 e. The third kappa shape index (κ3) is 4.54. The summed E-state index contributed by atoms with van der Waals surface area (Å²) in [7, 11) is 0. The fraction of sp³-hybridized carbons (Fsp3) is 0.235. The van der Waals surface area contributed by atoms with E-state index in [1.807, 2.05) is 37.3 Å². The lowest BCUT2D eigenvalue weighted by Gasteiger charge is -2.17. The van der Waals surface area contributed by atoms with Crippen molar-refractivity contribution in [1.29, 1.82) is 0 Å². The Hall–Kier alpha value is -2.89. The highest BCUT2D eigenvalue weighted by molar-refractivity contribution is 5.95. The fourth-order valence-corrected chi connectivity index (χ4v) is 2.31. The summed E-state index contributed by atoms with van der Waals surface area (Å²) in [6.07, 6.45) is 1.68. The summed E-state index contributed by atoms with van der Waals surface area (Å²) in [5, 5.41) is 23.1. The van der Waals surface area contributed by atoms with Crippen LogP contribution < -0.4 is 5.32 Å². The Balaban J connectivity index is 2.06. The molecule has 0 bridgehead atoms. The van der Waals surface area contributed by atoms with E-state index in [1.165, 1.54) is 17.7 Å². The summed E-state index contributed by atoms with van der Waals surface area (Å²) in [6, 6.07) is 13.9. The summed E-state index contributed by atoms with van der Waals surface area (Å²) in [5.74, 6) is -1.19. The van der Waals surface area contributed by atoms with E-state index in [-0.39, 0.29) is 17.3 Å². The van der Waals surface area contributed by atoms with Gasteiger partial charge in [-0.3, -0.25) is 10.1 Å².